The van der Waals surface area contributed by atoms with Crippen molar-refractivity contribution in [2.24, 2.45) is 5.92 Å². The third kappa shape index (κ3) is 4.32. The summed E-state index contributed by atoms with van der Waals surface area (Å²) in [4.78, 5) is 6.87. The molecule has 0 bridgehead atoms. The fourth-order valence-corrected chi connectivity index (χ4v) is 5.20. The Morgan fingerprint density at radius 3 is 2.90 bits per heavy atom. The molecule has 2 fully saturated rings. The van der Waals surface area contributed by atoms with Gasteiger partial charge in [-0.05, 0) is 74.9 Å². The molecule has 1 aromatic heterocycles. The Hall–Kier alpha value is -1.96. The summed E-state index contributed by atoms with van der Waals surface area (Å²) in [5.41, 5.74) is 10.5. The molecule has 5 rings (SSSR count). The molecule has 3 atom stereocenters. The number of nitrogens with one attached hydrogen (secondary N) is 3. The van der Waals surface area contributed by atoms with Gasteiger partial charge in [-0.25, -0.2) is 10.4 Å². The number of piperidine rings is 1. The zero-order valence-corrected chi connectivity index (χ0v) is 17.1. The first-order valence-corrected chi connectivity index (χ1v) is 11.2. The molecule has 2 unspecified atom stereocenters. The molecule has 2 aliphatic heterocycles. The van der Waals surface area contributed by atoms with Gasteiger partial charge in [0.25, 0.3) is 0 Å². The van der Waals surface area contributed by atoms with Crippen LogP contribution >= 0.6 is 0 Å². The summed E-state index contributed by atoms with van der Waals surface area (Å²) in [6, 6.07) is 6.79. The van der Waals surface area contributed by atoms with Crippen LogP contribution in [0.1, 0.15) is 56.6 Å². The highest BCUT2D eigenvalue weighted by Gasteiger charge is 2.34. The van der Waals surface area contributed by atoms with E-state index >= 15 is 0 Å². The van der Waals surface area contributed by atoms with Crippen molar-refractivity contribution in [3.63, 3.8) is 0 Å². The van der Waals surface area contributed by atoms with Crippen molar-refractivity contribution in [2.75, 3.05) is 31.7 Å². The zero-order valence-electron chi connectivity index (χ0n) is 17.1. The summed E-state index contributed by atoms with van der Waals surface area (Å²) in [6.07, 6.45) is 10.9. The summed E-state index contributed by atoms with van der Waals surface area (Å²) in [5, 5.41) is 6.96. The minimum atomic E-state index is 0.321. The van der Waals surface area contributed by atoms with E-state index in [0.717, 1.165) is 31.0 Å². The molecule has 0 radical (unpaired) electrons. The molecule has 3 N–H and O–H groups in total. The molecule has 1 saturated carbocycles. The maximum absolute atomic E-state index is 6.33. The molecular formula is C22H32N6O. The van der Waals surface area contributed by atoms with E-state index in [4.69, 9.17) is 4.74 Å². The van der Waals surface area contributed by atoms with E-state index in [9.17, 15) is 0 Å². The fraction of sp³-hybridized carbons (Fsp3) is 0.636. The lowest BCUT2D eigenvalue weighted by Crippen LogP contribution is -2.35. The van der Waals surface area contributed by atoms with Gasteiger partial charge in [0.05, 0.1) is 24.4 Å². The van der Waals surface area contributed by atoms with Gasteiger partial charge in [-0.2, -0.15) is 5.10 Å². The number of hydrogen-bond donors (Lipinski definition) is 3. The molecule has 2 aromatic rings. The van der Waals surface area contributed by atoms with Crippen LogP contribution in [-0.4, -0.2) is 52.4 Å². The molecule has 7 nitrogen and oxygen atoms in total. The minimum absolute atomic E-state index is 0.321. The Bertz CT molecular complexity index is 789. The highest BCUT2D eigenvalue weighted by molar-refractivity contribution is 5.66. The number of nitrogens with zero attached hydrogens (tertiary/aromatic N) is 3. The van der Waals surface area contributed by atoms with Crippen molar-refractivity contribution >= 4 is 5.69 Å². The number of likely N-dealkylation sites (tertiary alicyclic amines) is 1. The fourth-order valence-electron chi connectivity index (χ4n) is 5.20. The van der Waals surface area contributed by atoms with E-state index in [2.05, 4.69) is 49.1 Å². The van der Waals surface area contributed by atoms with E-state index in [1.807, 2.05) is 0 Å². The second-order valence-electron chi connectivity index (χ2n) is 8.70. The number of fused-ring (bicyclic) bond motifs is 1. The minimum Gasteiger partial charge on any atom is -0.377 e. The van der Waals surface area contributed by atoms with Crippen molar-refractivity contribution in [1.82, 2.24) is 25.5 Å². The molecule has 29 heavy (non-hydrogen) atoms. The summed E-state index contributed by atoms with van der Waals surface area (Å²) in [6.45, 7) is 4.46. The van der Waals surface area contributed by atoms with E-state index < -0.39 is 0 Å². The first-order chi connectivity index (χ1) is 14.4. The number of hydrazine groups is 1. The molecule has 0 spiro atoms. The second kappa shape index (κ2) is 8.81. The summed E-state index contributed by atoms with van der Waals surface area (Å²) >= 11 is 0. The Morgan fingerprint density at radius 2 is 2.03 bits per heavy atom. The van der Waals surface area contributed by atoms with E-state index in [0.29, 0.717) is 18.1 Å². The van der Waals surface area contributed by atoms with Crippen LogP contribution in [0.5, 0.6) is 0 Å². The average molecular weight is 397 g/mol. The smallest absolute Gasteiger partial charge is 0.155 e. The van der Waals surface area contributed by atoms with Crippen LogP contribution in [0.15, 0.2) is 24.5 Å². The molecule has 1 aromatic carbocycles. The van der Waals surface area contributed by atoms with Crippen molar-refractivity contribution in [2.45, 2.75) is 57.1 Å². The quantitative estimate of drug-likeness (QED) is 0.694. The summed E-state index contributed by atoms with van der Waals surface area (Å²) in [5.74, 6) is 1.41. The van der Waals surface area contributed by atoms with Gasteiger partial charge in [0.1, 0.15) is 6.33 Å². The zero-order chi connectivity index (χ0) is 19.5. The van der Waals surface area contributed by atoms with Gasteiger partial charge in [0.15, 0.2) is 5.82 Å². The monoisotopic (exact) mass is 396 g/mol. The van der Waals surface area contributed by atoms with Crippen LogP contribution in [0, 0.1) is 5.92 Å². The number of aromatic amines is 1. The van der Waals surface area contributed by atoms with Gasteiger partial charge in [-0.1, -0.05) is 12.8 Å². The van der Waals surface area contributed by atoms with Crippen LogP contribution in [0.3, 0.4) is 0 Å². The molecule has 3 aliphatic rings. The van der Waals surface area contributed by atoms with Crippen LogP contribution < -0.4 is 10.9 Å². The molecule has 3 heterocycles. The first-order valence-electron chi connectivity index (χ1n) is 11.2. The lowest BCUT2D eigenvalue weighted by atomic mass is 9.80. The number of hydrogen-bond acceptors (Lipinski definition) is 6. The topological polar surface area (TPSA) is 78.1 Å². The van der Waals surface area contributed by atoms with Gasteiger partial charge in [0, 0.05) is 12.1 Å². The third-order valence-corrected chi connectivity index (χ3v) is 6.79. The Kier molecular flexibility index (Phi) is 5.78. The normalized spacial score (nSPS) is 27.5. The van der Waals surface area contributed by atoms with Gasteiger partial charge < -0.3 is 15.1 Å². The maximum Gasteiger partial charge on any atom is 0.155 e. The number of ether oxygens (including phenoxy) is 1. The van der Waals surface area contributed by atoms with Crippen molar-refractivity contribution in [3.8, 4) is 11.4 Å². The molecule has 156 valence electrons. The van der Waals surface area contributed by atoms with Gasteiger partial charge >= 0.3 is 0 Å². The lowest BCUT2D eigenvalue weighted by Gasteiger charge is -2.33. The molecule has 1 aliphatic carbocycles. The second-order valence-corrected chi connectivity index (χ2v) is 8.70. The van der Waals surface area contributed by atoms with E-state index in [-0.39, 0.29) is 0 Å². The Morgan fingerprint density at radius 1 is 1.10 bits per heavy atom. The molecule has 1 saturated heterocycles. The van der Waals surface area contributed by atoms with Crippen molar-refractivity contribution in [3.05, 3.63) is 30.1 Å². The van der Waals surface area contributed by atoms with E-state index in [1.54, 1.807) is 6.33 Å². The van der Waals surface area contributed by atoms with Crippen molar-refractivity contribution < 1.29 is 4.74 Å². The molecule has 0 amide bonds. The largest absolute Gasteiger partial charge is 0.377 e. The van der Waals surface area contributed by atoms with Crippen LogP contribution in [0.25, 0.3) is 11.4 Å². The highest BCUT2D eigenvalue weighted by Crippen LogP contribution is 2.41. The van der Waals surface area contributed by atoms with Crippen LogP contribution in [0.4, 0.5) is 5.69 Å². The van der Waals surface area contributed by atoms with Gasteiger partial charge in [0.2, 0.25) is 0 Å². The van der Waals surface area contributed by atoms with Crippen LogP contribution in [0.2, 0.25) is 0 Å². The third-order valence-electron chi connectivity index (χ3n) is 6.79. The van der Waals surface area contributed by atoms with Crippen molar-refractivity contribution in [1.29, 1.82) is 0 Å². The highest BCUT2D eigenvalue weighted by atomic mass is 16.5. The predicted molar refractivity (Wildman–Crippen MR) is 113 cm³/mol. The predicted octanol–water partition coefficient (Wildman–Crippen LogP) is 3.50. The standard InChI is InChI=1S/C22H32N6O/c1-2-9-28(10-3-1)11-12-29-18-6-4-5-16(13-18)21-19-14-17(22-23-15-24-27-22)7-8-20(19)25-26-21/h7-8,14-16,18,21,25-26H,1-6,9-13H2,(H,23,24,27)/t16-,18?,21?/m1/s1. The van der Waals surface area contributed by atoms with E-state index in [1.165, 1.54) is 62.9 Å². The summed E-state index contributed by atoms with van der Waals surface area (Å²) in [7, 11) is 0. The molecule has 7 heteroatoms. The molecular weight excluding hydrogens is 364 g/mol. The van der Waals surface area contributed by atoms with Gasteiger partial charge in [-0.3, -0.25) is 5.10 Å². The number of rotatable bonds is 6. The Labute approximate surface area is 172 Å². The summed E-state index contributed by atoms with van der Waals surface area (Å²) < 4.78 is 6.33. The number of benzene rings is 1. The number of aromatic nitrogens is 3. The average Bonchev–Trinajstić information content (AvgIpc) is 3.44. The Balaban J connectivity index is 1.20. The number of anilines is 1. The number of H-pyrrole nitrogens is 1. The first kappa shape index (κ1) is 19.0. The maximum atomic E-state index is 6.33. The van der Waals surface area contributed by atoms with Gasteiger partial charge in [-0.15, -0.1) is 0 Å². The SMILES string of the molecule is c1n[nH]c(-c2ccc3c(c2)C([C@@H]2CCCC(OCCN4CCCCC4)C2)NN3)n1. The van der Waals surface area contributed by atoms with Crippen LogP contribution in [-0.2, 0) is 4.74 Å². The lowest BCUT2D eigenvalue weighted by molar-refractivity contribution is -0.00342.